The molecule has 0 saturated carbocycles. The van der Waals surface area contributed by atoms with E-state index >= 15 is 0 Å². The van der Waals surface area contributed by atoms with Crippen molar-refractivity contribution in [2.24, 2.45) is 0 Å². The number of halogens is 2. The molecule has 0 spiro atoms. The Morgan fingerprint density at radius 3 is 2.52 bits per heavy atom. The zero-order valence-electron chi connectivity index (χ0n) is 10.9. The minimum Gasteiger partial charge on any atom is -0.495 e. The van der Waals surface area contributed by atoms with Crippen molar-refractivity contribution in [1.82, 2.24) is 0 Å². The van der Waals surface area contributed by atoms with E-state index in [0.717, 1.165) is 0 Å². The van der Waals surface area contributed by atoms with Gasteiger partial charge in [-0.15, -0.1) is 0 Å². The second-order valence-corrected chi connectivity index (χ2v) is 6.98. The van der Waals surface area contributed by atoms with Crippen LogP contribution in [0.3, 0.4) is 0 Å². The Bertz CT molecular complexity index is 781. The molecule has 112 valence electrons. The molecule has 2 aromatic carbocycles. The molecule has 21 heavy (non-hydrogen) atoms. The number of hydrogen-bond donors (Lipinski definition) is 2. The average molecular weight is 422 g/mol. The van der Waals surface area contributed by atoms with Crippen molar-refractivity contribution < 1.29 is 17.5 Å². The Morgan fingerprint density at radius 2 is 1.95 bits per heavy atom. The van der Waals surface area contributed by atoms with E-state index in [9.17, 15) is 12.8 Å². The van der Waals surface area contributed by atoms with Gasteiger partial charge in [0, 0.05) is 3.57 Å². The third-order valence-corrected chi connectivity index (χ3v) is 4.94. The lowest BCUT2D eigenvalue weighted by molar-refractivity contribution is 0.416. The maximum Gasteiger partial charge on any atom is 0.262 e. The van der Waals surface area contributed by atoms with Crippen LogP contribution in [0.4, 0.5) is 15.8 Å². The molecule has 0 aromatic heterocycles. The molecule has 0 aliphatic carbocycles. The predicted octanol–water partition coefficient (Wildman–Crippen LogP) is 2.82. The van der Waals surface area contributed by atoms with E-state index in [2.05, 4.69) is 4.72 Å². The van der Waals surface area contributed by atoms with Crippen LogP contribution in [-0.2, 0) is 10.0 Å². The van der Waals surface area contributed by atoms with Crippen molar-refractivity contribution in [2.45, 2.75) is 4.90 Å². The van der Waals surface area contributed by atoms with Crippen molar-refractivity contribution >= 4 is 44.0 Å². The molecule has 0 fully saturated rings. The molecule has 5 nitrogen and oxygen atoms in total. The Kier molecular flexibility index (Phi) is 4.57. The van der Waals surface area contributed by atoms with E-state index in [1.807, 2.05) is 22.6 Å². The molecule has 0 radical (unpaired) electrons. The number of nitrogens with one attached hydrogen (secondary N) is 1. The maximum absolute atomic E-state index is 13.0. The normalized spacial score (nSPS) is 11.2. The highest BCUT2D eigenvalue weighted by atomic mass is 127. The van der Waals surface area contributed by atoms with Gasteiger partial charge in [-0.05, 0) is 59.0 Å². The first-order valence-corrected chi connectivity index (χ1v) is 8.31. The molecule has 0 aliphatic heterocycles. The highest BCUT2D eigenvalue weighted by molar-refractivity contribution is 14.1. The monoisotopic (exact) mass is 422 g/mol. The van der Waals surface area contributed by atoms with Crippen molar-refractivity contribution in [3.05, 3.63) is 45.8 Å². The fourth-order valence-corrected chi connectivity index (χ4v) is 3.57. The van der Waals surface area contributed by atoms with Gasteiger partial charge in [-0.1, -0.05) is 0 Å². The number of hydrogen-bond acceptors (Lipinski definition) is 4. The summed E-state index contributed by atoms with van der Waals surface area (Å²) in [6.45, 7) is 0. The lowest BCUT2D eigenvalue weighted by Crippen LogP contribution is -2.14. The minimum atomic E-state index is -3.81. The van der Waals surface area contributed by atoms with E-state index in [-0.39, 0.29) is 10.6 Å². The van der Waals surface area contributed by atoms with Gasteiger partial charge in [0.2, 0.25) is 0 Å². The Balaban J connectivity index is 2.36. The lowest BCUT2D eigenvalue weighted by Gasteiger charge is -2.11. The van der Waals surface area contributed by atoms with Crippen molar-refractivity contribution in [3.8, 4) is 5.75 Å². The van der Waals surface area contributed by atoms with E-state index in [4.69, 9.17) is 10.5 Å². The Labute approximate surface area is 135 Å². The number of rotatable bonds is 4. The Morgan fingerprint density at radius 1 is 1.24 bits per heavy atom. The van der Waals surface area contributed by atoms with E-state index < -0.39 is 15.8 Å². The van der Waals surface area contributed by atoms with Crippen LogP contribution >= 0.6 is 22.6 Å². The van der Waals surface area contributed by atoms with Gasteiger partial charge >= 0.3 is 0 Å². The summed E-state index contributed by atoms with van der Waals surface area (Å²) in [5.74, 6) is -0.0404. The van der Waals surface area contributed by atoms with Gasteiger partial charge in [0.1, 0.15) is 11.6 Å². The molecule has 3 N–H and O–H groups in total. The molecule has 0 bridgehead atoms. The summed E-state index contributed by atoms with van der Waals surface area (Å²) in [6, 6.07) is 7.94. The highest BCUT2D eigenvalue weighted by Gasteiger charge is 2.17. The largest absolute Gasteiger partial charge is 0.495 e. The van der Waals surface area contributed by atoms with Gasteiger partial charge in [-0.3, -0.25) is 4.72 Å². The molecule has 2 aromatic rings. The number of benzene rings is 2. The van der Waals surface area contributed by atoms with E-state index in [1.165, 1.54) is 43.5 Å². The molecule has 0 aliphatic rings. The number of nitrogens with two attached hydrogens (primary N) is 1. The van der Waals surface area contributed by atoms with Gasteiger partial charge in [0.15, 0.2) is 0 Å². The molecule has 0 unspecified atom stereocenters. The zero-order valence-corrected chi connectivity index (χ0v) is 13.9. The fourth-order valence-electron chi connectivity index (χ4n) is 1.66. The molecule has 8 heteroatoms. The summed E-state index contributed by atoms with van der Waals surface area (Å²) in [6.07, 6.45) is 0. The fraction of sp³-hybridized carbons (Fsp3) is 0.0769. The number of anilines is 2. The minimum absolute atomic E-state index is 0.000856. The first-order chi connectivity index (χ1) is 9.83. The number of sulfonamides is 1. The van der Waals surface area contributed by atoms with Crippen LogP contribution < -0.4 is 15.2 Å². The van der Waals surface area contributed by atoms with Crippen LogP contribution in [0.15, 0.2) is 41.3 Å². The highest BCUT2D eigenvalue weighted by Crippen LogP contribution is 2.27. The van der Waals surface area contributed by atoms with Gasteiger partial charge in [0.25, 0.3) is 10.0 Å². The maximum atomic E-state index is 13.0. The summed E-state index contributed by atoms with van der Waals surface area (Å²) in [5.41, 5.74) is 6.22. The molecule has 2 rings (SSSR count). The van der Waals surface area contributed by atoms with Crippen molar-refractivity contribution in [1.29, 1.82) is 0 Å². The molecular weight excluding hydrogens is 410 g/mol. The second kappa shape index (κ2) is 6.06. The average Bonchev–Trinajstić information content (AvgIpc) is 2.42. The second-order valence-electron chi connectivity index (χ2n) is 4.13. The van der Waals surface area contributed by atoms with Crippen LogP contribution in [0, 0.1) is 9.39 Å². The molecule has 0 atom stereocenters. The van der Waals surface area contributed by atoms with Gasteiger partial charge in [0.05, 0.1) is 23.4 Å². The predicted molar refractivity (Wildman–Crippen MR) is 87.3 cm³/mol. The summed E-state index contributed by atoms with van der Waals surface area (Å²) in [4.78, 5) is 0.000856. The summed E-state index contributed by atoms with van der Waals surface area (Å²) < 4.78 is 45.4. The third-order valence-electron chi connectivity index (χ3n) is 2.69. The molecule has 0 amide bonds. The first-order valence-electron chi connectivity index (χ1n) is 5.75. The van der Waals surface area contributed by atoms with Crippen molar-refractivity contribution in [3.63, 3.8) is 0 Å². The van der Waals surface area contributed by atoms with Crippen LogP contribution in [-0.4, -0.2) is 15.5 Å². The summed E-state index contributed by atoms with van der Waals surface area (Å²) >= 11 is 1.85. The SMILES string of the molecule is COc1ccc(S(=O)(=O)Nc2ccc(F)cc2I)cc1N. The van der Waals surface area contributed by atoms with Gasteiger partial charge in [-0.25, -0.2) is 12.8 Å². The van der Waals surface area contributed by atoms with Crippen molar-refractivity contribution in [2.75, 3.05) is 17.6 Å². The Hall–Kier alpha value is -1.55. The van der Waals surface area contributed by atoms with Crippen LogP contribution in [0.25, 0.3) is 0 Å². The zero-order chi connectivity index (χ0) is 15.6. The summed E-state index contributed by atoms with van der Waals surface area (Å²) in [5, 5.41) is 0. The summed E-state index contributed by atoms with van der Waals surface area (Å²) in [7, 11) is -2.37. The molecular formula is C13H12FIN2O3S. The lowest BCUT2D eigenvalue weighted by atomic mass is 10.3. The smallest absolute Gasteiger partial charge is 0.262 e. The first kappa shape index (κ1) is 15.8. The number of ether oxygens (including phenoxy) is 1. The topological polar surface area (TPSA) is 81.4 Å². The number of methoxy groups -OCH3 is 1. The number of nitrogen functional groups attached to an aromatic ring is 1. The van der Waals surface area contributed by atoms with E-state index in [1.54, 1.807) is 0 Å². The third kappa shape index (κ3) is 3.56. The quantitative estimate of drug-likeness (QED) is 0.587. The van der Waals surface area contributed by atoms with E-state index in [0.29, 0.717) is 15.0 Å². The standard InChI is InChI=1S/C13H12FIN2O3S/c1-20-13-5-3-9(7-11(13)16)21(18,19)17-12-4-2-8(14)6-10(12)15/h2-7,17H,16H2,1H3. The van der Waals surface area contributed by atoms with Crippen LogP contribution in [0.1, 0.15) is 0 Å². The van der Waals surface area contributed by atoms with Gasteiger partial charge in [-0.2, -0.15) is 0 Å². The van der Waals surface area contributed by atoms with Crippen LogP contribution in [0.2, 0.25) is 0 Å². The molecule has 0 saturated heterocycles. The molecule has 0 heterocycles. The van der Waals surface area contributed by atoms with Crippen LogP contribution in [0.5, 0.6) is 5.75 Å². The van der Waals surface area contributed by atoms with Gasteiger partial charge < -0.3 is 10.5 Å².